The molecule has 1 heterocycles. The number of carbonyl (C=O) groups is 1. The molecule has 2 atom stereocenters. The zero-order valence-electron chi connectivity index (χ0n) is 8.14. The standard InChI is InChI=1S/C10H17NO2/c1-2-13-9(12)10-5-3-4-8(6-10)11-7-10/h8,11H,2-7H2,1H3. The summed E-state index contributed by atoms with van der Waals surface area (Å²) < 4.78 is 5.12. The van der Waals surface area contributed by atoms with E-state index >= 15 is 0 Å². The summed E-state index contributed by atoms with van der Waals surface area (Å²) in [4.78, 5) is 11.7. The van der Waals surface area contributed by atoms with Crippen molar-refractivity contribution in [3.63, 3.8) is 0 Å². The summed E-state index contributed by atoms with van der Waals surface area (Å²) in [6.45, 7) is 3.21. The van der Waals surface area contributed by atoms with Crippen LogP contribution < -0.4 is 5.32 Å². The molecule has 13 heavy (non-hydrogen) atoms. The number of hydrogen-bond donors (Lipinski definition) is 1. The van der Waals surface area contributed by atoms with Gasteiger partial charge in [0, 0.05) is 12.6 Å². The van der Waals surface area contributed by atoms with Gasteiger partial charge in [-0.2, -0.15) is 0 Å². The van der Waals surface area contributed by atoms with Crippen molar-refractivity contribution in [3.05, 3.63) is 0 Å². The average molecular weight is 183 g/mol. The monoisotopic (exact) mass is 183 g/mol. The van der Waals surface area contributed by atoms with Crippen LogP contribution in [0.3, 0.4) is 0 Å². The van der Waals surface area contributed by atoms with Gasteiger partial charge in [-0.05, 0) is 26.2 Å². The molecule has 74 valence electrons. The smallest absolute Gasteiger partial charge is 0.313 e. The lowest BCUT2D eigenvalue weighted by Crippen LogP contribution is -2.35. The van der Waals surface area contributed by atoms with Crippen LogP contribution >= 0.6 is 0 Å². The maximum absolute atomic E-state index is 11.7. The number of hydrogen-bond acceptors (Lipinski definition) is 3. The summed E-state index contributed by atoms with van der Waals surface area (Å²) >= 11 is 0. The van der Waals surface area contributed by atoms with Crippen LogP contribution in [0.25, 0.3) is 0 Å². The molecule has 2 bridgehead atoms. The van der Waals surface area contributed by atoms with Crippen molar-refractivity contribution in [2.24, 2.45) is 5.41 Å². The first-order valence-electron chi connectivity index (χ1n) is 5.17. The second kappa shape index (κ2) is 3.29. The highest BCUT2D eigenvalue weighted by Crippen LogP contribution is 2.41. The molecule has 1 aliphatic carbocycles. The van der Waals surface area contributed by atoms with Gasteiger partial charge in [-0.1, -0.05) is 6.42 Å². The highest BCUT2D eigenvalue weighted by atomic mass is 16.5. The molecule has 0 aromatic rings. The fourth-order valence-corrected chi connectivity index (χ4v) is 2.58. The quantitative estimate of drug-likeness (QED) is 0.651. The average Bonchev–Trinajstić information content (AvgIpc) is 2.44. The summed E-state index contributed by atoms with van der Waals surface area (Å²) in [7, 11) is 0. The van der Waals surface area contributed by atoms with E-state index in [0.717, 1.165) is 25.8 Å². The van der Waals surface area contributed by atoms with E-state index in [1.807, 2.05) is 6.92 Å². The van der Waals surface area contributed by atoms with Crippen molar-refractivity contribution in [1.82, 2.24) is 5.32 Å². The van der Waals surface area contributed by atoms with Crippen molar-refractivity contribution < 1.29 is 9.53 Å². The molecule has 0 aromatic heterocycles. The molecule has 0 spiro atoms. The van der Waals surface area contributed by atoms with Gasteiger partial charge in [-0.3, -0.25) is 4.79 Å². The van der Waals surface area contributed by atoms with Crippen LogP contribution in [0.5, 0.6) is 0 Å². The molecule has 1 saturated carbocycles. The predicted octanol–water partition coefficient (Wildman–Crippen LogP) is 1.08. The molecule has 1 aliphatic heterocycles. The van der Waals surface area contributed by atoms with Gasteiger partial charge in [0.15, 0.2) is 0 Å². The highest BCUT2D eigenvalue weighted by molar-refractivity contribution is 5.78. The van der Waals surface area contributed by atoms with E-state index in [-0.39, 0.29) is 11.4 Å². The Bertz CT molecular complexity index is 213. The largest absolute Gasteiger partial charge is 0.466 e. The van der Waals surface area contributed by atoms with Gasteiger partial charge < -0.3 is 10.1 Å². The zero-order chi connectivity index (χ0) is 9.31. The minimum absolute atomic E-state index is 0.0182. The Kier molecular flexibility index (Phi) is 2.28. The Labute approximate surface area is 78.8 Å². The first-order valence-corrected chi connectivity index (χ1v) is 5.17. The molecular weight excluding hydrogens is 166 g/mol. The Morgan fingerprint density at radius 1 is 1.69 bits per heavy atom. The number of nitrogens with one attached hydrogen (secondary N) is 1. The van der Waals surface area contributed by atoms with Crippen molar-refractivity contribution in [2.45, 2.75) is 38.6 Å². The summed E-state index contributed by atoms with van der Waals surface area (Å²) in [5, 5.41) is 3.40. The Morgan fingerprint density at radius 2 is 2.54 bits per heavy atom. The third-order valence-corrected chi connectivity index (χ3v) is 3.28. The Hall–Kier alpha value is -0.570. The molecule has 0 aromatic carbocycles. The van der Waals surface area contributed by atoms with Crippen molar-refractivity contribution in [3.8, 4) is 0 Å². The zero-order valence-corrected chi connectivity index (χ0v) is 8.14. The number of esters is 1. The molecule has 0 radical (unpaired) electrons. The number of carbonyl (C=O) groups excluding carboxylic acids is 1. The van der Waals surface area contributed by atoms with E-state index in [1.54, 1.807) is 0 Å². The predicted molar refractivity (Wildman–Crippen MR) is 49.3 cm³/mol. The number of ether oxygens (including phenoxy) is 1. The maximum atomic E-state index is 11.7. The Balaban J connectivity index is 2.06. The third kappa shape index (κ3) is 1.46. The van der Waals surface area contributed by atoms with Crippen LogP contribution in [-0.4, -0.2) is 25.2 Å². The van der Waals surface area contributed by atoms with Gasteiger partial charge in [-0.15, -0.1) is 0 Å². The van der Waals surface area contributed by atoms with Crippen molar-refractivity contribution in [1.29, 1.82) is 0 Å². The van der Waals surface area contributed by atoms with Crippen LogP contribution in [-0.2, 0) is 9.53 Å². The van der Waals surface area contributed by atoms with Crippen LogP contribution in [0, 0.1) is 5.41 Å². The number of fused-ring (bicyclic) bond motifs is 2. The normalized spacial score (nSPS) is 37.5. The lowest BCUT2D eigenvalue weighted by molar-refractivity contribution is -0.155. The molecule has 2 fully saturated rings. The molecular formula is C10H17NO2. The van der Waals surface area contributed by atoms with Gasteiger partial charge in [0.25, 0.3) is 0 Å². The topological polar surface area (TPSA) is 38.3 Å². The molecule has 3 heteroatoms. The lowest BCUT2D eigenvalue weighted by Gasteiger charge is -2.29. The minimum atomic E-state index is -0.168. The van der Waals surface area contributed by atoms with Gasteiger partial charge in [0.2, 0.25) is 0 Å². The molecule has 1 N–H and O–H groups in total. The molecule has 2 rings (SSSR count). The second-order valence-electron chi connectivity index (χ2n) is 4.17. The van der Waals surface area contributed by atoms with E-state index in [0.29, 0.717) is 12.6 Å². The highest BCUT2D eigenvalue weighted by Gasteiger charge is 2.48. The first kappa shape index (κ1) is 9.00. The van der Waals surface area contributed by atoms with Crippen LogP contribution in [0.15, 0.2) is 0 Å². The summed E-state index contributed by atoms with van der Waals surface area (Å²) in [5.41, 5.74) is -0.168. The Morgan fingerprint density at radius 3 is 3.31 bits per heavy atom. The van der Waals surface area contributed by atoms with Crippen molar-refractivity contribution >= 4 is 5.97 Å². The van der Waals surface area contributed by atoms with E-state index < -0.39 is 0 Å². The molecule has 2 unspecified atom stereocenters. The SMILES string of the molecule is CCOC(=O)C12CCCC(C1)NC2. The molecule has 1 saturated heterocycles. The number of rotatable bonds is 2. The fourth-order valence-electron chi connectivity index (χ4n) is 2.58. The molecule has 2 aliphatic rings. The fraction of sp³-hybridized carbons (Fsp3) is 0.900. The lowest BCUT2D eigenvalue weighted by atomic mass is 9.76. The summed E-state index contributed by atoms with van der Waals surface area (Å²) in [6, 6.07) is 0.568. The van der Waals surface area contributed by atoms with E-state index in [2.05, 4.69) is 5.32 Å². The maximum Gasteiger partial charge on any atom is 0.313 e. The second-order valence-corrected chi connectivity index (χ2v) is 4.17. The minimum Gasteiger partial charge on any atom is -0.466 e. The van der Waals surface area contributed by atoms with E-state index in [1.165, 1.54) is 6.42 Å². The van der Waals surface area contributed by atoms with E-state index in [4.69, 9.17) is 4.74 Å². The van der Waals surface area contributed by atoms with Gasteiger partial charge in [0.05, 0.1) is 12.0 Å². The van der Waals surface area contributed by atoms with Gasteiger partial charge >= 0.3 is 5.97 Å². The molecule has 3 nitrogen and oxygen atoms in total. The van der Waals surface area contributed by atoms with Crippen LogP contribution in [0.4, 0.5) is 0 Å². The van der Waals surface area contributed by atoms with Crippen molar-refractivity contribution in [2.75, 3.05) is 13.2 Å². The first-order chi connectivity index (χ1) is 6.27. The van der Waals surface area contributed by atoms with Gasteiger partial charge in [0.1, 0.15) is 0 Å². The summed E-state index contributed by atoms with van der Waals surface area (Å²) in [5.74, 6) is 0.0182. The van der Waals surface area contributed by atoms with E-state index in [9.17, 15) is 4.79 Å². The third-order valence-electron chi connectivity index (χ3n) is 3.28. The molecule has 0 amide bonds. The van der Waals surface area contributed by atoms with Crippen LogP contribution in [0.1, 0.15) is 32.6 Å². The summed E-state index contributed by atoms with van der Waals surface area (Å²) in [6.07, 6.45) is 4.39. The van der Waals surface area contributed by atoms with Gasteiger partial charge in [-0.25, -0.2) is 0 Å². The van der Waals surface area contributed by atoms with Crippen LogP contribution in [0.2, 0.25) is 0 Å².